The van der Waals surface area contributed by atoms with Crippen LogP contribution in [0.15, 0.2) is 53.7 Å². The summed E-state index contributed by atoms with van der Waals surface area (Å²) in [6, 6.07) is 9.73. The van der Waals surface area contributed by atoms with Crippen molar-refractivity contribution >= 4 is 26.9 Å². The first kappa shape index (κ1) is 16.2. The van der Waals surface area contributed by atoms with Crippen LogP contribution in [0.3, 0.4) is 0 Å². The first-order valence-corrected chi connectivity index (χ1v) is 8.84. The van der Waals surface area contributed by atoms with Crippen LogP contribution in [0.1, 0.15) is 23.0 Å². The number of esters is 1. The summed E-state index contributed by atoms with van der Waals surface area (Å²) in [4.78, 5) is 16.1. The molecule has 124 valence electrons. The zero-order valence-corrected chi connectivity index (χ0v) is 14.1. The molecule has 6 nitrogen and oxygen atoms in total. The van der Waals surface area contributed by atoms with Gasteiger partial charge in [-0.15, -0.1) is 0 Å². The highest BCUT2D eigenvalue weighted by molar-refractivity contribution is 7.90. The van der Waals surface area contributed by atoms with Gasteiger partial charge >= 0.3 is 5.97 Å². The third-order valence-corrected chi connectivity index (χ3v) is 5.33. The lowest BCUT2D eigenvalue weighted by Gasteiger charge is -2.07. The van der Waals surface area contributed by atoms with Gasteiger partial charge < -0.3 is 4.74 Å². The number of hydrogen-bond donors (Lipinski definition) is 0. The van der Waals surface area contributed by atoms with E-state index in [9.17, 15) is 13.2 Å². The molecule has 2 aromatic heterocycles. The Bertz CT molecular complexity index is 1010. The molecule has 0 fully saturated rings. The minimum absolute atomic E-state index is 0.155. The predicted molar refractivity (Wildman–Crippen MR) is 89.5 cm³/mol. The maximum atomic E-state index is 12.8. The average Bonchev–Trinajstić information content (AvgIpc) is 2.93. The number of carbonyl (C=O) groups is 1. The fourth-order valence-corrected chi connectivity index (χ4v) is 3.91. The van der Waals surface area contributed by atoms with E-state index in [0.29, 0.717) is 10.9 Å². The van der Waals surface area contributed by atoms with Crippen molar-refractivity contribution in [1.82, 2.24) is 8.96 Å². The standard InChI is InChI=1S/C17H16N2O4S/c1-3-23-17(20)15-9-14-12(2)11-19(16(14)10-18-15)24(21,22)13-7-5-4-6-8-13/h4-11H,3H2,1-2H3. The van der Waals surface area contributed by atoms with Gasteiger partial charge in [-0.25, -0.2) is 22.2 Å². The molecule has 3 rings (SSSR count). The van der Waals surface area contributed by atoms with Crippen LogP contribution in [0, 0.1) is 6.92 Å². The molecule has 0 unspecified atom stereocenters. The second-order valence-electron chi connectivity index (χ2n) is 5.23. The molecular formula is C17H16N2O4S. The number of ether oxygens (including phenoxy) is 1. The lowest BCUT2D eigenvalue weighted by atomic mass is 10.2. The van der Waals surface area contributed by atoms with Gasteiger partial charge in [0.1, 0.15) is 5.69 Å². The fraction of sp³-hybridized carbons (Fsp3) is 0.176. The van der Waals surface area contributed by atoms with Crippen molar-refractivity contribution in [3.05, 3.63) is 60.0 Å². The second-order valence-corrected chi connectivity index (χ2v) is 7.05. The SMILES string of the molecule is CCOC(=O)c1cc2c(C)cn(S(=O)(=O)c3ccccc3)c2cn1. The normalized spacial score (nSPS) is 11.6. The third kappa shape index (κ3) is 2.67. The average molecular weight is 344 g/mol. The maximum Gasteiger partial charge on any atom is 0.356 e. The largest absolute Gasteiger partial charge is 0.461 e. The minimum atomic E-state index is -3.73. The monoisotopic (exact) mass is 344 g/mol. The quantitative estimate of drug-likeness (QED) is 0.680. The van der Waals surface area contributed by atoms with E-state index in [-0.39, 0.29) is 17.2 Å². The summed E-state index contributed by atoms with van der Waals surface area (Å²) >= 11 is 0. The van der Waals surface area contributed by atoms with Gasteiger partial charge in [0, 0.05) is 11.6 Å². The molecule has 1 aromatic carbocycles. The number of aromatic nitrogens is 2. The van der Waals surface area contributed by atoms with Crippen molar-refractivity contribution in [3.8, 4) is 0 Å². The van der Waals surface area contributed by atoms with Crippen LogP contribution < -0.4 is 0 Å². The fourth-order valence-electron chi connectivity index (χ4n) is 2.48. The molecule has 7 heteroatoms. The van der Waals surface area contributed by atoms with E-state index in [1.165, 1.54) is 28.5 Å². The van der Waals surface area contributed by atoms with Crippen LogP contribution in [0.5, 0.6) is 0 Å². The molecule has 0 saturated heterocycles. The van der Waals surface area contributed by atoms with Crippen LogP contribution in [0.4, 0.5) is 0 Å². The molecule has 0 N–H and O–H groups in total. The Kier molecular flexibility index (Phi) is 4.11. The molecule has 24 heavy (non-hydrogen) atoms. The van der Waals surface area contributed by atoms with E-state index in [1.54, 1.807) is 38.1 Å². The van der Waals surface area contributed by atoms with E-state index >= 15 is 0 Å². The first-order chi connectivity index (χ1) is 11.4. The van der Waals surface area contributed by atoms with Gasteiger partial charge in [0.2, 0.25) is 0 Å². The maximum absolute atomic E-state index is 12.8. The number of hydrogen-bond acceptors (Lipinski definition) is 5. The topological polar surface area (TPSA) is 78.3 Å². The van der Waals surface area contributed by atoms with Gasteiger partial charge in [0.05, 0.1) is 23.2 Å². The Hall–Kier alpha value is -2.67. The molecule has 0 amide bonds. The molecule has 0 atom stereocenters. The number of benzene rings is 1. The zero-order chi connectivity index (χ0) is 17.3. The van der Waals surface area contributed by atoms with Crippen LogP contribution in [0.25, 0.3) is 10.9 Å². The van der Waals surface area contributed by atoms with E-state index < -0.39 is 16.0 Å². The second kappa shape index (κ2) is 6.09. The van der Waals surface area contributed by atoms with Crippen LogP contribution in [0.2, 0.25) is 0 Å². The predicted octanol–water partition coefficient (Wildman–Crippen LogP) is 2.76. The highest BCUT2D eigenvalue weighted by Gasteiger charge is 2.21. The molecule has 0 radical (unpaired) electrons. The van der Waals surface area contributed by atoms with Crippen molar-refractivity contribution in [1.29, 1.82) is 0 Å². The molecule has 0 aliphatic carbocycles. The van der Waals surface area contributed by atoms with Gasteiger partial charge in [0.15, 0.2) is 0 Å². The van der Waals surface area contributed by atoms with Crippen molar-refractivity contribution in [2.24, 2.45) is 0 Å². The Morgan fingerprint density at radius 2 is 1.96 bits per heavy atom. The Labute approximate surface area is 139 Å². The Morgan fingerprint density at radius 3 is 2.62 bits per heavy atom. The number of nitrogens with zero attached hydrogens (tertiary/aromatic N) is 2. The zero-order valence-electron chi connectivity index (χ0n) is 13.3. The lowest BCUT2D eigenvalue weighted by Crippen LogP contribution is -2.12. The summed E-state index contributed by atoms with van der Waals surface area (Å²) in [6.45, 7) is 3.75. The summed E-state index contributed by atoms with van der Waals surface area (Å²) in [5.41, 5.74) is 1.31. The Morgan fingerprint density at radius 1 is 1.25 bits per heavy atom. The van der Waals surface area contributed by atoms with Crippen LogP contribution in [-0.4, -0.2) is 30.0 Å². The van der Waals surface area contributed by atoms with Gasteiger partial charge in [0.25, 0.3) is 10.0 Å². The van der Waals surface area contributed by atoms with Crippen molar-refractivity contribution in [2.75, 3.05) is 6.61 Å². The molecule has 3 aromatic rings. The van der Waals surface area contributed by atoms with E-state index in [2.05, 4.69) is 4.98 Å². The minimum Gasteiger partial charge on any atom is -0.461 e. The van der Waals surface area contributed by atoms with Crippen molar-refractivity contribution < 1.29 is 17.9 Å². The van der Waals surface area contributed by atoms with Gasteiger partial charge in [-0.05, 0) is 37.6 Å². The summed E-state index contributed by atoms with van der Waals surface area (Å²) < 4.78 is 31.8. The summed E-state index contributed by atoms with van der Waals surface area (Å²) in [6.07, 6.45) is 2.92. The number of aryl methyl sites for hydroxylation is 1. The molecule has 2 heterocycles. The summed E-state index contributed by atoms with van der Waals surface area (Å²) in [7, 11) is -3.73. The summed E-state index contributed by atoms with van der Waals surface area (Å²) in [5, 5.41) is 0.646. The van der Waals surface area contributed by atoms with E-state index in [1.807, 2.05) is 0 Å². The smallest absolute Gasteiger partial charge is 0.356 e. The third-order valence-electron chi connectivity index (χ3n) is 3.64. The number of fused-ring (bicyclic) bond motifs is 1. The number of pyridine rings is 1. The first-order valence-electron chi connectivity index (χ1n) is 7.40. The van der Waals surface area contributed by atoms with E-state index in [0.717, 1.165) is 5.56 Å². The summed E-state index contributed by atoms with van der Waals surface area (Å²) in [5.74, 6) is -0.530. The van der Waals surface area contributed by atoms with E-state index in [4.69, 9.17) is 4.74 Å². The van der Waals surface area contributed by atoms with Gasteiger partial charge in [-0.1, -0.05) is 18.2 Å². The highest BCUT2D eigenvalue weighted by atomic mass is 32.2. The number of carbonyl (C=O) groups excluding carboxylic acids is 1. The molecular weight excluding hydrogens is 328 g/mol. The van der Waals surface area contributed by atoms with Crippen molar-refractivity contribution in [3.63, 3.8) is 0 Å². The number of rotatable bonds is 4. The molecule has 0 aliphatic rings. The van der Waals surface area contributed by atoms with Crippen LogP contribution in [-0.2, 0) is 14.8 Å². The van der Waals surface area contributed by atoms with Gasteiger partial charge in [-0.2, -0.15) is 0 Å². The molecule has 0 saturated carbocycles. The highest BCUT2D eigenvalue weighted by Crippen LogP contribution is 2.25. The molecule has 0 spiro atoms. The van der Waals surface area contributed by atoms with Crippen LogP contribution >= 0.6 is 0 Å². The molecule has 0 bridgehead atoms. The van der Waals surface area contributed by atoms with Gasteiger partial charge in [-0.3, -0.25) is 0 Å². The Balaban J connectivity index is 2.16. The van der Waals surface area contributed by atoms with Crippen molar-refractivity contribution in [2.45, 2.75) is 18.7 Å². The molecule has 0 aliphatic heterocycles. The lowest BCUT2D eigenvalue weighted by molar-refractivity contribution is 0.0519.